The molecule has 2 fully saturated rings. The van der Waals surface area contributed by atoms with Crippen molar-refractivity contribution in [1.29, 1.82) is 0 Å². The molecular weight excluding hydrogens is 264 g/mol. The molecular formula is C17H26N2O2. The molecule has 2 saturated heterocycles. The number of rotatable bonds is 5. The summed E-state index contributed by atoms with van der Waals surface area (Å²) >= 11 is 0. The van der Waals surface area contributed by atoms with Gasteiger partial charge in [-0.1, -0.05) is 12.1 Å². The third-order valence-electron chi connectivity index (χ3n) is 4.98. The molecule has 21 heavy (non-hydrogen) atoms. The van der Waals surface area contributed by atoms with Crippen LogP contribution in [0.1, 0.15) is 18.4 Å². The van der Waals surface area contributed by atoms with Crippen LogP contribution in [-0.4, -0.2) is 46.0 Å². The van der Waals surface area contributed by atoms with E-state index in [4.69, 9.17) is 9.47 Å². The molecule has 2 aliphatic heterocycles. The molecule has 0 bridgehead atoms. The maximum atomic E-state index is 5.78. The van der Waals surface area contributed by atoms with Crippen molar-refractivity contribution in [2.45, 2.75) is 25.3 Å². The van der Waals surface area contributed by atoms with Crippen LogP contribution in [0.15, 0.2) is 24.3 Å². The first-order chi connectivity index (χ1) is 10.3. The standard InChI is InChI=1S/C17H26N2O2/c1-20-15-4-2-14(3-5-15)6-9-19-16-12-21-13-17(16)7-10-18-11-8-17/h2-5,16,18-19H,6-13H2,1H3/t16-/m1/s1. The molecule has 3 rings (SSSR count). The maximum absolute atomic E-state index is 5.78. The Kier molecular flexibility index (Phi) is 4.78. The Labute approximate surface area is 127 Å². The van der Waals surface area contributed by atoms with Gasteiger partial charge in [0.25, 0.3) is 0 Å². The van der Waals surface area contributed by atoms with Crippen LogP contribution in [0.4, 0.5) is 0 Å². The first-order valence-electron chi connectivity index (χ1n) is 7.97. The van der Waals surface area contributed by atoms with Gasteiger partial charge in [-0.25, -0.2) is 0 Å². The third-order valence-corrected chi connectivity index (χ3v) is 4.98. The molecule has 1 spiro atoms. The Morgan fingerprint density at radius 2 is 2.05 bits per heavy atom. The van der Waals surface area contributed by atoms with E-state index >= 15 is 0 Å². The lowest BCUT2D eigenvalue weighted by Crippen LogP contribution is -2.50. The molecule has 0 radical (unpaired) electrons. The Morgan fingerprint density at radius 3 is 2.76 bits per heavy atom. The van der Waals surface area contributed by atoms with Gasteiger partial charge in [-0.15, -0.1) is 0 Å². The van der Waals surface area contributed by atoms with Gasteiger partial charge in [-0.3, -0.25) is 0 Å². The van der Waals surface area contributed by atoms with E-state index in [1.54, 1.807) is 7.11 Å². The van der Waals surface area contributed by atoms with Crippen LogP contribution in [0.3, 0.4) is 0 Å². The summed E-state index contributed by atoms with van der Waals surface area (Å²) < 4.78 is 11.0. The summed E-state index contributed by atoms with van der Waals surface area (Å²) in [6, 6.07) is 8.86. The lowest BCUT2D eigenvalue weighted by molar-refractivity contribution is 0.123. The van der Waals surface area contributed by atoms with Crippen LogP contribution in [0, 0.1) is 5.41 Å². The average Bonchev–Trinajstić information content (AvgIpc) is 2.91. The van der Waals surface area contributed by atoms with E-state index in [-0.39, 0.29) is 0 Å². The Bertz CT molecular complexity index is 441. The summed E-state index contributed by atoms with van der Waals surface area (Å²) in [7, 11) is 1.70. The van der Waals surface area contributed by atoms with E-state index in [9.17, 15) is 0 Å². The largest absolute Gasteiger partial charge is 0.497 e. The fourth-order valence-electron chi connectivity index (χ4n) is 3.53. The Morgan fingerprint density at radius 1 is 1.29 bits per heavy atom. The number of ether oxygens (including phenoxy) is 2. The normalized spacial score (nSPS) is 24.3. The minimum Gasteiger partial charge on any atom is -0.497 e. The first kappa shape index (κ1) is 14.8. The molecule has 2 N–H and O–H groups in total. The predicted molar refractivity (Wildman–Crippen MR) is 83.8 cm³/mol. The topological polar surface area (TPSA) is 42.5 Å². The molecule has 4 heteroatoms. The number of hydrogen-bond donors (Lipinski definition) is 2. The van der Waals surface area contributed by atoms with E-state index in [1.165, 1.54) is 18.4 Å². The van der Waals surface area contributed by atoms with E-state index in [1.807, 2.05) is 12.1 Å². The molecule has 1 atom stereocenters. The molecule has 0 amide bonds. The minimum absolute atomic E-state index is 0.366. The van der Waals surface area contributed by atoms with Crippen molar-refractivity contribution in [3.05, 3.63) is 29.8 Å². The van der Waals surface area contributed by atoms with Crippen molar-refractivity contribution in [3.63, 3.8) is 0 Å². The minimum atomic E-state index is 0.366. The zero-order valence-corrected chi connectivity index (χ0v) is 12.9. The molecule has 116 valence electrons. The molecule has 0 aliphatic carbocycles. The van der Waals surface area contributed by atoms with Crippen LogP contribution in [0.5, 0.6) is 5.75 Å². The number of piperidine rings is 1. The molecule has 0 aromatic heterocycles. The lowest BCUT2D eigenvalue weighted by Gasteiger charge is -2.38. The van der Waals surface area contributed by atoms with Gasteiger partial charge in [0, 0.05) is 11.5 Å². The average molecular weight is 290 g/mol. The van der Waals surface area contributed by atoms with Crippen molar-refractivity contribution >= 4 is 0 Å². The first-order valence-corrected chi connectivity index (χ1v) is 7.97. The maximum Gasteiger partial charge on any atom is 0.118 e. The second-order valence-corrected chi connectivity index (χ2v) is 6.23. The van der Waals surface area contributed by atoms with Crippen molar-refractivity contribution < 1.29 is 9.47 Å². The SMILES string of the molecule is COc1ccc(CCN[C@@H]2COCC23CCNCC3)cc1. The van der Waals surface area contributed by atoms with Gasteiger partial charge >= 0.3 is 0 Å². The van der Waals surface area contributed by atoms with Crippen LogP contribution < -0.4 is 15.4 Å². The highest BCUT2D eigenvalue weighted by Crippen LogP contribution is 2.37. The zero-order chi connectivity index (χ0) is 14.5. The molecule has 2 aliphatic rings. The molecule has 1 aromatic rings. The lowest BCUT2D eigenvalue weighted by atomic mass is 9.75. The van der Waals surface area contributed by atoms with Gasteiger partial charge in [0.05, 0.1) is 20.3 Å². The Balaban J connectivity index is 1.50. The van der Waals surface area contributed by atoms with Gasteiger partial charge in [0.15, 0.2) is 0 Å². The molecule has 1 aromatic carbocycles. The van der Waals surface area contributed by atoms with Crippen molar-refractivity contribution in [2.24, 2.45) is 5.41 Å². The summed E-state index contributed by atoms with van der Waals surface area (Å²) in [5.74, 6) is 0.921. The molecule has 0 saturated carbocycles. The van der Waals surface area contributed by atoms with Crippen LogP contribution in [0.2, 0.25) is 0 Å². The summed E-state index contributed by atoms with van der Waals surface area (Å²) in [5, 5.41) is 7.19. The number of nitrogens with one attached hydrogen (secondary N) is 2. The quantitative estimate of drug-likeness (QED) is 0.864. The van der Waals surface area contributed by atoms with E-state index in [2.05, 4.69) is 22.8 Å². The third kappa shape index (κ3) is 3.39. The van der Waals surface area contributed by atoms with Gasteiger partial charge in [0.2, 0.25) is 0 Å². The van der Waals surface area contributed by atoms with E-state index in [0.29, 0.717) is 11.5 Å². The van der Waals surface area contributed by atoms with Crippen LogP contribution >= 0.6 is 0 Å². The Hall–Kier alpha value is -1.10. The summed E-state index contributed by atoms with van der Waals surface area (Å²) in [5.41, 5.74) is 1.71. The highest BCUT2D eigenvalue weighted by molar-refractivity contribution is 5.27. The molecule has 4 nitrogen and oxygen atoms in total. The number of methoxy groups -OCH3 is 1. The van der Waals surface area contributed by atoms with Gasteiger partial charge < -0.3 is 20.1 Å². The smallest absolute Gasteiger partial charge is 0.118 e. The molecule has 0 unspecified atom stereocenters. The van der Waals surface area contributed by atoms with Gasteiger partial charge in [-0.05, 0) is 56.6 Å². The van der Waals surface area contributed by atoms with Crippen LogP contribution in [-0.2, 0) is 11.2 Å². The highest BCUT2D eigenvalue weighted by Gasteiger charge is 2.44. The fourth-order valence-corrected chi connectivity index (χ4v) is 3.53. The highest BCUT2D eigenvalue weighted by atomic mass is 16.5. The monoisotopic (exact) mass is 290 g/mol. The fraction of sp³-hybridized carbons (Fsp3) is 0.647. The molecule has 2 heterocycles. The second-order valence-electron chi connectivity index (χ2n) is 6.23. The van der Waals surface area contributed by atoms with E-state index in [0.717, 1.165) is 45.0 Å². The number of hydrogen-bond acceptors (Lipinski definition) is 4. The number of benzene rings is 1. The van der Waals surface area contributed by atoms with Crippen molar-refractivity contribution in [1.82, 2.24) is 10.6 Å². The summed E-state index contributed by atoms with van der Waals surface area (Å²) in [6.07, 6.45) is 3.51. The van der Waals surface area contributed by atoms with Crippen LogP contribution in [0.25, 0.3) is 0 Å². The summed E-state index contributed by atoms with van der Waals surface area (Å²) in [4.78, 5) is 0. The second kappa shape index (κ2) is 6.77. The zero-order valence-electron chi connectivity index (χ0n) is 12.9. The van der Waals surface area contributed by atoms with Gasteiger partial charge in [0.1, 0.15) is 5.75 Å². The van der Waals surface area contributed by atoms with E-state index < -0.39 is 0 Å². The predicted octanol–water partition coefficient (Wildman–Crippen LogP) is 1.60. The van der Waals surface area contributed by atoms with Crippen molar-refractivity contribution in [3.8, 4) is 5.75 Å². The summed E-state index contributed by atoms with van der Waals surface area (Å²) in [6.45, 7) is 5.05. The van der Waals surface area contributed by atoms with Gasteiger partial charge in [-0.2, -0.15) is 0 Å². The van der Waals surface area contributed by atoms with Crippen molar-refractivity contribution in [2.75, 3.05) is 40.0 Å².